The highest BCUT2D eigenvalue weighted by molar-refractivity contribution is 6.35. The van der Waals surface area contributed by atoms with Crippen molar-refractivity contribution in [2.45, 2.75) is 38.3 Å². The number of carbonyl (C=O) groups excluding carboxylic acids is 1. The first-order chi connectivity index (χ1) is 14.2. The number of alkyl halides is 3. The van der Waals surface area contributed by atoms with E-state index in [9.17, 15) is 18.0 Å². The molecule has 0 unspecified atom stereocenters. The third-order valence-electron chi connectivity index (χ3n) is 4.60. The number of amides is 1. The summed E-state index contributed by atoms with van der Waals surface area (Å²) in [6.45, 7) is 0.357. The summed E-state index contributed by atoms with van der Waals surface area (Å²) in [6.07, 6.45) is 0.247. The first-order valence-electron chi connectivity index (χ1n) is 9.34. The molecule has 1 fully saturated rings. The molecule has 162 valence electrons. The first-order valence-corrected chi connectivity index (χ1v) is 10.1. The van der Waals surface area contributed by atoms with Crippen LogP contribution in [0.4, 0.5) is 29.6 Å². The Morgan fingerprint density at radius 1 is 1.13 bits per heavy atom. The molecule has 1 aromatic carbocycles. The Hall–Kier alpha value is -2.26. The van der Waals surface area contributed by atoms with Crippen LogP contribution in [0.15, 0.2) is 24.4 Å². The van der Waals surface area contributed by atoms with Crippen molar-refractivity contribution >= 4 is 40.9 Å². The van der Waals surface area contributed by atoms with Gasteiger partial charge in [0.1, 0.15) is 0 Å². The van der Waals surface area contributed by atoms with E-state index in [-0.39, 0.29) is 16.0 Å². The van der Waals surface area contributed by atoms with Crippen molar-refractivity contribution in [3.05, 3.63) is 40.1 Å². The molecule has 1 aliphatic carbocycles. The molecule has 0 radical (unpaired) electrons. The van der Waals surface area contributed by atoms with Crippen molar-refractivity contribution < 1.29 is 22.7 Å². The van der Waals surface area contributed by atoms with Gasteiger partial charge in [0.2, 0.25) is 5.95 Å². The van der Waals surface area contributed by atoms with Crippen molar-refractivity contribution in [3.8, 4) is 5.75 Å². The fourth-order valence-corrected chi connectivity index (χ4v) is 3.74. The first kappa shape index (κ1) is 22.4. The Labute approximate surface area is 181 Å². The quantitative estimate of drug-likeness (QED) is 0.551. The summed E-state index contributed by atoms with van der Waals surface area (Å²) in [5, 5.41) is 5.69. The molecule has 6 nitrogen and oxygen atoms in total. The Bertz CT molecular complexity index is 886. The minimum Gasteiger partial charge on any atom is -0.406 e. The predicted molar refractivity (Wildman–Crippen MR) is 107 cm³/mol. The molecule has 1 saturated carbocycles. The number of aromatic nitrogens is 2. The Balaban J connectivity index is 1.71. The van der Waals surface area contributed by atoms with Gasteiger partial charge in [-0.2, -0.15) is 13.2 Å². The molecule has 2 aromatic rings. The highest BCUT2D eigenvalue weighted by Gasteiger charge is 2.38. The molecule has 0 aliphatic heterocycles. The van der Waals surface area contributed by atoms with E-state index >= 15 is 0 Å². The number of carbonyl (C=O) groups is 1. The van der Waals surface area contributed by atoms with Crippen LogP contribution in [0.1, 0.15) is 37.8 Å². The molecular weight excluding hydrogens is 444 g/mol. The van der Waals surface area contributed by atoms with Gasteiger partial charge in [-0.25, -0.2) is 14.8 Å². The van der Waals surface area contributed by atoms with Crippen LogP contribution in [0.25, 0.3) is 0 Å². The maximum Gasteiger partial charge on any atom is 0.437 e. The summed E-state index contributed by atoms with van der Waals surface area (Å²) < 4.78 is 45.2. The van der Waals surface area contributed by atoms with Gasteiger partial charge in [0.05, 0.1) is 6.20 Å². The molecular formula is C19H19Cl2F3N4O2. The van der Waals surface area contributed by atoms with Crippen molar-refractivity contribution in [1.82, 2.24) is 15.3 Å². The van der Waals surface area contributed by atoms with Crippen molar-refractivity contribution in [3.63, 3.8) is 0 Å². The topological polar surface area (TPSA) is 76.1 Å². The SMILES string of the molecule is O=C(NCC1CCCCC1)Oc1cnc(Nc2cc(Cl)cc(Cl)c2)nc1C(F)(F)F. The van der Waals surface area contributed by atoms with E-state index in [1.807, 2.05) is 0 Å². The van der Waals surface area contributed by atoms with Gasteiger partial charge in [0.15, 0.2) is 11.4 Å². The molecule has 1 aliphatic rings. The second kappa shape index (κ2) is 9.70. The van der Waals surface area contributed by atoms with Gasteiger partial charge in [-0.05, 0) is 37.0 Å². The van der Waals surface area contributed by atoms with Crippen molar-refractivity contribution in [1.29, 1.82) is 0 Å². The van der Waals surface area contributed by atoms with Crippen LogP contribution in [-0.4, -0.2) is 22.6 Å². The number of benzene rings is 1. The molecule has 1 aromatic heterocycles. The number of hydrogen-bond acceptors (Lipinski definition) is 5. The van der Waals surface area contributed by atoms with E-state index in [1.54, 1.807) is 0 Å². The number of rotatable bonds is 5. The average Bonchev–Trinajstić information content (AvgIpc) is 2.67. The fraction of sp³-hybridized carbons (Fsp3) is 0.421. The van der Waals surface area contributed by atoms with E-state index < -0.39 is 23.7 Å². The highest BCUT2D eigenvalue weighted by Crippen LogP contribution is 2.35. The lowest BCUT2D eigenvalue weighted by Crippen LogP contribution is -2.33. The van der Waals surface area contributed by atoms with Crippen LogP contribution >= 0.6 is 23.2 Å². The molecule has 1 amide bonds. The van der Waals surface area contributed by atoms with Gasteiger partial charge >= 0.3 is 12.3 Å². The molecule has 30 heavy (non-hydrogen) atoms. The molecule has 1 heterocycles. The summed E-state index contributed by atoms with van der Waals surface area (Å²) in [4.78, 5) is 19.2. The molecule has 0 spiro atoms. The number of ether oxygens (including phenoxy) is 1. The minimum absolute atomic E-state index is 0.288. The van der Waals surface area contributed by atoms with Crippen LogP contribution in [-0.2, 0) is 6.18 Å². The Morgan fingerprint density at radius 2 is 1.80 bits per heavy atom. The van der Waals surface area contributed by atoms with Crippen molar-refractivity contribution in [2.24, 2.45) is 5.92 Å². The van der Waals surface area contributed by atoms with Gasteiger partial charge in [-0.1, -0.05) is 42.5 Å². The van der Waals surface area contributed by atoms with Crippen molar-refractivity contribution in [2.75, 3.05) is 11.9 Å². The second-order valence-corrected chi connectivity index (χ2v) is 7.83. The summed E-state index contributed by atoms with van der Waals surface area (Å²) in [5.74, 6) is -0.824. The maximum absolute atomic E-state index is 13.5. The minimum atomic E-state index is -4.86. The molecule has 0 bridgehead atoms. The zero-order valence-corrected chi connectivity index (χ0v) is 17.2. The number of halogens is 5. The van der Waals surface area contributed by atoms with E-state index in [4.69, 9.17) is 27.9 Å². The summed E-state index contributed by atoms with van der Waals surface area (Å²) in [7, 11) is 0. The van der Waals surface area contributed by atoms with E-state index in [1.165, 1.54) is 18.2 Å². The van der Waals surface area contributed by atoms with E-state index in [2.05, 4.69) is 20.6 Å². The molecule has 3 rings (SSSR count). The lowest BCUT2D eigenvalue weighted by molar-refractivity contribution is -0.142. The smallest absolute Gasteiger partial charge is 0.406 e. The van der Waals surface area contributed by atoms with Gasteiger partial charge in [0.25, 0.3) is 0 Å². The number of anilines is 2. The average molecular weight is 463 g/mol. The van der Waals surface area contributed by atoms with E-state index in [0.29, 0.717) is 18.2 Å². The third-order valence-corrected chi connectivity index (χ3v) is 5.04. The van der Waals surface area contributed by atoms with Gasteiger partial charge < -0.3 is 15.4 Å². The number of nitrogens with one attached hydrogen (secondary N) is 2. The standard InChI is InChI=1S/C19H19Cl2F3N4O2/c20-12-6-13(21)8-14(7-12)27-17-25-10-15(16(28-17)19(22,23)24)30-18(29)26-9-11-4-2-1-3-5-11/h6-8,10-11H,1-5,9H2,(H,26,29)(H,25,27,28). The highest BCUT2D eigenvalue weighted by atomic mass is 35.5. The zero-order chi connectivity index (χ0) is 21.7. The zero-order valence-electron chi connectivity index (χ0n) is 15.7. The number of nitrogens with zero attached hydrogens (tertiary/aromatic N) is 2. The van der Waals surface area contributed by atoms with Crippen LogP contribution in [0.5, 0.6) is 5.75 Å². The lowest BCUT2D eigenvalue weighted by Gasteiger charge is -2.21. The molecule has 2 N–H and O–H groups in total. The van der Waals surface area contributed by atoms with Gasteiger partial charge in [-0.3, -0.25) is 0 Å². The maximum atomic E-state index is 13.5. The summed E-state index contributed by atoms with van der Waals surface area (Å²) in [5.41, 5.74) is -1.07. The Kier molecular flexibility index (Phi) is 7.25. The van der Waals surface area contributed by atoms with Crippen LogP contribution < -0.4 is 15.4 Å². The van der Waals surface area contributed by atoms with Gasteiger partial charge in [-0.15, -0.1) is 0 Å². The molecule has 0 atom stereocenters. The van der Waals surface area contributed by atoms with Crippen LogP contribution in [0.3, 0.4) is 0 Å². The largest absolute Gasteiger partial charge is 0.437 e. The molecule has 0 saturated heterocycles. The molecule has 11 heteroatoms. The van der Waals surface area contributed by atoms with E-state index in [0.717, 1.165) is 38.3 Å². The monoisotopic (exact) mass is 462 g/mol. The van der Waals surface area contributed by atoms with Crippen LogP contribution in [0, 0.1) is 5.92 Å². The predicted octanol–water partition coefficient (Wildman–Crippen LogP) is 6.21. The summed E-state index contributed by atoms with van der Waals surface area (Å²) >= 11 is 11.8. The van der Waals surface area contributed by atoms with Crippen LogP contribution in [0.2, 0.25) is 10.0 Å². The second-order valence-electron chi connectivity index (χ2n) is 6.96. The Morgan fingerprint density at radius 3 is 2.43 bits per heavy atom. The normalized spacial score (nSPS) is 15.0. The third kappa shape index (κ3) is 6.37. The number of hydrogen-bond donors (Lipinski definition) is 2. The fourth-order valence-electron chi connectivity index (χ4n) is 3.22. The lowest BCUT2D eigenvalue weighted by atomic mass is 9.89. The van der Waals surface area contributed by atoms with Gasteiger partial charge in [0, 0.05) is 22.3 Å². The summed E-state index contributed by atoms with van der Waals surface area (Å²) in [6, 6.07) is 4.37.